The van der Waals surface area contributed by atoms with Gasteiger partial charge in [-0.1, -0.05) is 11.6 Å². The number of hydrogen-bond acceptors (Lipinski definition) is 3. The van der Waals surface area contributed by atoms with Gasteiger partial charge >= 0.3 is 6.03 Å². The van der Waals surface area contributed by atoms with Crippen molar-refractivity contribution in [2.75, 3.05) is 38.6 Å². The Hall–Kier alpha value is -1.62. The van der Waals surface area contributed by atoms with Crippen molar-refractivity contribution in [3.63, 3.8) is 0 Å². The molecule has 1 aromatic rings. The first-order valence-electron chi connectivity index (χ1n) is 5.81. The van der Waals surface area contributed by atoms with E-state index in [0.29, 0.717) is 18.1 Å². The van der Waals surface area contributed by atoms with Crippen molar-refractivity contribution in [3.05, 3.63) is 23.2 Å². The third-order valence-electron chi connectivity index (χ3n) is 2.82. The van der Waals surface area contributed by atoms with Crippen molar-refractivity contribution in [3.8, 4) is 5.75 Å². The lowest BCUT2D eigenvalue weighted by Gasteiger charge is -2.15. The Morgan fingerprint density at radius 3 is 3.06 bits per heavy atom. The van der Waals surface area contributed by atoms with Crippen LogP contribution in [-0.2, 0) is 0 Å². The predicted octanol–water partition coefficient (Wildman–Crippen LogP) is 1.79. The minimum atomic E-state index is -0.00598. The number of rotatable bonds is 5. The first-order chi connectivity index (χ1) is 8.70. The van der Waals surface area contributed by atoms with Crippen LogP contribution in [0.3, 0.4) is 0 Å². The van der Waals surface area contributed by atoms with Gasteiger partial charge in [0, 0.05) is 32.2 Å². The molecule has 0 spiro atoms. The summed E-state index contributed by atoms with van der Waals surface area (Å²) < 4.78 is 5.13. The van der Waals surface area contributed by atoms with E-state index in [1.807, 2.05) is 6.07 Å². The van der Waals surface area contributed by atoms with Crippen LogP contribution in [-0.4, -0.2) is 44.2 Å². The molecule has 2 rings (SSSR count). The van der Waals surface area contributed by atoms with Crippen molar-refractivity contribution in [2.45, 2.75) is 0 Å². The van der Waals surface area contributed by atoms with E-state index in [1.54, 1.807) is 24.1 Å². The van der Waals surface area contributed by atoms with Gasteiger partial charge in [-0.25, -0.2) is 4.79 Å². The van der Waals surface area contributed by atoms with Gasteiger partial charge < -0.3 is 20.3 Å². The summed E-state index contributed by atoms with van der Waals surface area (Å²) in [6.07, 6.45) is 0. The zero-order chi connectivity index (χ0) is 13.0. The first kappa shape index (κ1) is 12.8. The lowest BCUT2D eigenvalue weighted by Crippen LogP contribution is -2.32. The Labute approximate surface area is 111 Å². The highest BCUT2D eigenvalue weighted by Crippen LogP contribution is 2.26. The number of carbonyl (C=O) groups is 1. The van der Waals surface area contributed by atoms with Crippen molar-refractivity contribution < 1.29 is 9.53 Å². The van der Waals surface area contributed by atoms with Gasteiger partial charge in [-0.15, -0.1) is 0 Å². The molecule has 18 heavy (non-hydrogen) atoms. The van der Waals surface area contributed by atoms with Crippen LogP contribution in [0.1, 0.15) is 0 Å². The molecule has 0 aromatic heterocycles. The zero-order valence-corrected chi connectivity index (χ0v) is 11.0. The summed E-state index contributed by atoms with van der Waals surface area (Å²) in [4.78, 5) is 13.1. The lowest BCUT2D eigenvalue weighted by molar-refractivity contribution is 0.219. The fraction of sp³-hybridized carbons (Fsp3) is 0.417. The molecule has 1 aromatic carbocycles. The standard InChI is InChI=1S/C12H16ClN3O2/c1-18-9-2-3-10(13)11(8-9)14-4-6-16-7-5-15-12(16)17/h2-3,8,14H,4-7H2,1H3,(H,15,17). The SMILES string of the molecule is COc1ccc(Cl)c(NCCN2CCNC2=O)c1. The van der Waals surface area contributed by atoms with Crippen LogP contribution in [0.5, 0.6) is 5.75 Å². The van der Waals surface area contributed by atoms with E-state index in [2.05, 4.69) is 10.6 Å². The molecule has 1 aliphatic rings. The molecule has 0 atom stereocenters. The number of amides is 2. The summed E-state index contributed by atoms with van der Waals surface area (Å²) in [5.41, 5.74) is 0.815. The molecular weight excluding hydrogens is 254 g/mol. The van der Waals surface area contributed by atoms with Crippen LogP contribution in [0.4, 0.5) is 10.5 Å². The third-order valence-corrected chi connectivity index (χ3v) is 3.15. The van der Waals surface area contributed by atoms with Crippen LogP contribution in [0.2, 0.25) is 5.02 Å². The van der Waals surface area contributed by atoms with Gasteiger partial charge in [0.1, 0.15) is 5.75 Å². The molecule has 98 valence electrons. The maximum absolute atomic E-state index is 11.3. The van der Waals surface area contributed by atoms with Gasteiger partial charge in [0.05, 0.1) is 17.8 Å². The average Bonchev–Trinajstić information content (AvgIpc) is 2.77. The van der Waals surface area contributed by atoms with Crippen molar-refractivity contribution in [1.82, 2.24) is 10.2 Å². The minimum absolute atomic E-state index is 0.00598. The summed E-state index contributed by atoms with van der Waals surface area (Å²) in [5, 5.41) is 6.60. The molecule has 1 saturated heterocycles. The van der Waals surface area contributed by atoms with Gasteiger partial charge in [0.15, 0.2) is 0 Å². The molecule has 0 bridgehead atoms. The maximum atomic E-state index is 11.3. The highest BCUT2D eigenvalue weighted by atomic mass is 35.5. The second-order valence-electron chi connectivity index (χ2n) is 3.99. The molecular formula is C12H16ClN3O2. The summed E-state index contributed by atoms with van der Waals surface area (Å²) >= 11 is 6.07. The zero-order valence-electron chi connectivity index (χ0n) is 10.2. The van der Waals surface area contributed by atoms with E-state index in [0.717, 1.165) is 24.5 Å². The molecule has 0 radical (unpaired) electrons. The van der Waals surface area contributed by atoms with Crippen molar-refractivity contribution in [2.24, 2.45) is 0 Å². The summed E-state index contributed by atoms with van der Waals surface area (Å²) in [6.45, 7) is 2.78. The Morgan fingerprint density at radius 1 is 1.56 bits per heavy atom. The van der Waals surface area contributed by atoms with Gasteiger partial charge in [-0.3, -0.25) is 0 Å². The highest BCUT2D eigenvalue weighted by Gasteiger charge is 2.18. The smallest absolute Gasteiger partial charge is 0.317 e. The quantitative estimate of drug-likeness (QED) is 0.857. The van der Waals surface area contributed by atoms with Crippen LogP contribution >= 0.6 is 11.6 Å². The van der Waals surface area contributed by atoms with Crippen LogP contribution in [0.25, 0.3) is 0 Å². The van der Waals surface area contributed by atoms with E-state index in [9.17, 15) is 4.79 Å². The molecule has 1 aliphatic heterocycles. The third kappa shape index (κ3) is 2.98. The number of nitrogens with zero attached hydrogens (tertiary/aromatic N) is 1. The van der Waals surface area contributed by atoms with Crippen molar-refractivity contribution in [1.29, 1.82) is 0 Å². The summed E-state index contributed by atoms with van der Waals surface area (Å²) in [7, 11) is 1.61. The molecule has 0 saturated carbocycles. The average molecular weight is 270 g/mol. The normalized spacial score (nSPS) is 14.6. The largest absolute Gasteiger partial charge is 0.497 e. The van der Waals surface area contributed by atoms with Gasteiger partial charge in [-0.05, 0) is 12.1 Å². The van der Waals surface area contributed by atoms with E-state index >= 15 is 0 Å². The fourth-order valence-corrected chi connectivity index (χ4v) is 2.00. The Kier molecular flexibility index (Phi) is 4.15. The number of urea groups is 1. The molecule has 2 amide bonds. The first-order valence-corrected chi connectivity index (χ1v) is 6.18. The van der Waals surface area contributed by atoms with E-state index in [-0.39, 0.29) is 6.03 Å². The van der Waals surface area contributed by atoms with Gasteiger partial charge in [-0.2, -0.15) is 0 Å². The lowest BCUT2D eigenvalue weighted by atomic mass is 10.3. The van der Waals surface area contributed by atoms with E-state index in [4.69, 9.17) is 16.3 Å². The molecule has 1 heterocycles. The predicted molar refractivity (Wildman–Crippen MR) is 71.5 cm³/mol. The fourth-order valence-electron chi connectivity index (χ4n) is 1.82. The highest BCUT2D eigenvalue weighted by molar-refractivity contribution is 6.33. The molecule has 5 nitrogen and oxygen atoms in total. The number of benzene rings is 1. The van der Waals surface area contributed by atoms with E-state index < -0.39 is 0 Å². The number of halogens is 1. The van der Waals surface area contributed by atoms with Gasteiger partial charge in [0.2, 0.25) is 0 Å². The van der Waals surface area contributed by atoms with Crippen LogP contribution in [0, 0.1) is 0 Å². The Balaban J connectivity index is 1.87. The number of hydrogen-bond donors (Lipinski definition) is 2. The number of methoxy groups -OCH3 is 1. The molecule has 1 fully saturated rings. The number of nitrogens with one attached hydrogen (secondary N) is 2. The van der Waals surface area contributed by atoms with Crippen LogP contribution < -0.4 is 15.4 Å². The molecule has 6 heteroatoms. The Bertz CT molecular complexity index is 439. The molecule has 2 N–H and O–H groups in total. The number of ether oxygens (including phenoxy) is 1. The summed E-state index contributed by atoms with van der Waals surface area (Å²) in [6, 6.07) is 5.42. The Morgan fingerprint density at radius 2 is 2.39 bits per heavy atom. The van der Waals surface area contributed by atoms with Gasteiger partial charge in [0.25, 0.3) is 0 Å². The topological polar surface area (TPSA) is 53.6 Å². The monoisotopic (exact) mass is 269 g/mol. The molecule has 0 unspecified atom stereocenters. The molecule has 0 aliphatic carbocycles. The van der Waals surface area contributed by atoms with Crippen molar-refractivity contribution >= 4 is 23.3 Å². The minimum Gasteiger partial charge on any atom is -0.497 e. The second kappa shape index (κ2) is 5.82. The second-order valence-corrected chi connectivity index (χ2v) is 4.40. The number of carbonyl (C=O) groups excluding carboxylic acids is 1. The van der Waals surface area contributed by atoms with Crippen LogP contribution in [0.15, 0.2) is 18.2 Å². The van der Waals surface area contributed by atoms with E-state index in [1.165, 1.54) is 0 Å². The summed E-state index contributed by atoms with van der Waals surface area (Å²) in [5.74, 6) is 0.751. The maximum Gasteiger partial charge on any atom is 0.317 e. The number of anilines is 1.